The predicted octanol–water partition coefficient (Wildman–Crippen LogP) is 3.03. The maximum absolute atomic E-state index is 12.7. The van der Waals surface area contributed by atoms with Crippen LogP contribution in [0.5, 0.6) is 5.19 Å². The molecule has 1 aliphatic heterocycles. The normalized spacial score (nSPS) is 15.0. The lowest BCUT2D eigenvalue weighted by Gasteiger charge is -2.34. The zero-order chi connectivity index (χ0) is 17.4. The number of hydrogen-bond acceptors (Lipinski definition) is 7. The molecule has 1 fully saturated rings. The minimum absolute atomic E-state index is 0.0437. The number of piperazine rings is 1. The van der Waals surface area contributed by atoms with Crippen LogP contribution in [-0.4, -0.2) is 54.1 Å². The van der Waals surface area contributed by atoms with Crippen LogP contribution in [0.25, 0.3) is 10.2 Å². The molecule has 0 bridgehead atoms. The third-order valence-corrected chi connectivity index (χ3v) is 6.47. The molecule has 1 saturated heterocycles. The number of nitrogens with zero attached hydrogens (tertiary/aromatic N) is 4. The maximum atomic E-state index is 12.7. The summed E-state index contributed by atoms with van der Waals surface area (Å²) in [5.74, 6) is 0.0437. The molecule has 0 unspecified atom stereocenters. The van der Waals surface area contributed by atoms with Crippen molar-refractivity contribution in [1.82, 2.24) is 14.9 Å². The summed E-state index contributed by atoms with van der Waals surface area (Å²) in [6, 6.07) is 8.17. The van der Waals surface area contributed by atoms with Gasteiger partial charge >= 0.3 is 0 Å². The molecule has 0 saturated carbocycles. The predicted molar refractivity (Wildman–Crippen MR) is 101 cm³/mol. The molecule has 6 nitrogen and oxygen atoms in total. The average Bonchev–Trinajstić information content (AvgIpc) is 3.24. The minimum Gasteiger partial charge on any atom is -0.473 e. The van der Waals surface area contributed by atoms with E-state index in [0.29, 0.717) is 23.2 Å². The molecular formula is C17H18N4O2S2. The first-order chi connectivity index (χ1) is 12.2. The van der Waals surface area contributed by atoms with E-state index in [0.717, 1.165) is 29.4 Å². The number of carbonyl (C=O) groups excluding carboxylic acids is 1. The summed E-state index contributed by atoms with van der Waals surface area (Å²) in [5.41, 5.74) is 1.77. The van der Waals surface area contributed by atoms with Crippen LogP contribution in [0.2, 0.25) is 0 Å². The molecule has 1 aliphatic rings. The molecule has 0 radical (unpaired) electrons. The molecule has 1 amide bonds. The molecule has 8 heteroatoms. The highest BCUT2D eigenvalue weighted by Crippen LogP contribution is 2.30. The number of amides is 1. The second-order valence-corrected chi connectivity index (χ2v) is 7.81. The van der Waals surface area contributed by atoms with Gasteiger partial charge in [-0.25, -0.2) is 9.97 Å². The van der Waals surface area contributed by atoms with Crippen molar-refractivity contribution in [3.63, 3.8) is 0 Å². The van der Waals surface area contributed by atoms with Crippen molar-refractivity contribution in [2.45, 2.75) is 6.92 Å². The van der Waals surface area contributed by atoms with Gasteiger partial charge in [0.05, 0.1) is 23.0 Å². The summed E-state index contributed by atoms with van der Waals surface area (Å²) in [6.45, 7) is 4.81. The minimum atomic E-state index is 0.0437. The molecule has 0 atom stereocenters. The van der Waals surface area contributed by atoms with Crippen molar-refractivity contribution in [3.8, 4) is 5.19 Å². The van der Waals surface area contributed by atoms with Crippen molar-refractivity contribution in [2.24, 2.45) is 0 Å². The van der Waals surface area contributed by atoms with Gasteiger partial charge in [0.15, 0.2) is 5.13 Å². The highest BCUT2D eigenvalue weighted by Gasteiger charge is 2.26. The fraction of sp³-hybridized carbons (Fsp3) is 0.353. The van der Waals surface area contributed by atoms with E-state index in [-0.39, 0.29) is 5.91 Å². The first-order valence-electron chi connectivity index (χ1n) is 8.07. The molecule has 3 aromatic rings. The van der Waals surface area contributed by atoms with Crippen molar-refractivity contribution in [2.75, 3.05) is 38.2 Å². The van der Waals surface area contributed by atoms with Crippen molar-refractivity contribution >= 4 is 43.9 Å². The Hall–Kier alpha value is -2.19. The van der Waals surface area contributed by atoms with Crippen LogP contribution in [0, 0.1) is 6.92 Å². The monoisotopic (exact) mass is 374 g/mol. The van der Waals surface area contributed by atoms with E-state index in [9.17, 15) is 4.79 Å². The van der Waals surface area contributed by atoms with Crippen LogP contribution < -0.4 is 9.64 Å². The molecule has 25 heavy (non-hydrogen) atoms. The van der Waals surface area contributed by atoms with Gasteiger partial charge in [0.2, 0.25) is 0 Å². The first kappa shape index (κ1) is 16.3. The van der Waals surface area contributed by atoms with Gasteiger partial charge in [-0.2, -0.15) is 0 Å². The zero-order valence-corrected chi connectivity index (χ0v) is 15.7. The number of carbonyl (C=O) groups is 1. The van der Waals surface area contributed by atoms with Crippen LogP contribution in [0.1, 0.15) is 15.4 Å². The lowest BCUT2D eigenvalue weighted by molar-refractivity contribution is 0.0750. The second kappa shape index (κ2) is 6.61. The standard InChI is InChI=1S/C17H18N4O2S2/c1-11-14(25-17(18-11)23-2)15(22)20-7-9-21(10-8-20)16-19-12-5-3-4-6-13(12)24-16/h3-6H,7-10H2,1-2H3. The van der Waals surface area contributed by atoms with E-state index in [4.69, 9.17) is 9.72 Å². The third kappa shape index (κ3) is 3.07. The fourth-order valence-electron chi connectivity index (χ4n) is 2.90. The van der Waals surface area contributed by atoms with E-state index < -0.39 is 0 Å². The van der Waals surface area contributed by atoms with Crippen LogP contribution in [-0.2, 0) is 0 Å². The van der Waals surface area contributed by atoms with Gasteiger partial charge in [-0.15, -0.1) is 0 Å². The molecule has 0 N–H and O–H groups in total. The molecule has 130 valence electrons. The van der Waals surface area contributed by atoms with Crippen LogP contribution in [0.3, 0.4) is 0 Å². The molecule has 0 spiro atoms. The third-order valence-electron chi connectivity index (χ3n) is 4.27. The molecular weight excluding hydrogens is 356 g/mol. The quantitative estimate of drug-likeness (QED) is 0.705. The number of fused-ring (bicyclic) bond motifs is 1. The zero-order valence-electron chi connectivity index (χ0n) is 14.1. The largest absolute Gasteiger partial charge is 0.473 e. The smallest absolute Gasteiger partial charge is 0.273 e. The fourth-order valence-corrected chi connectivity index (χ4v) is 4.76. The molecule has 2 aromatic heterocycles. The van der Waals surface area contributed by atoms with Crippen LogP contribution in [0.4, 0.5) is 5.13 Å². The number of methoxy groups -OCH3 is 1. The summed E-state index contributed by atoms with van der Waals surface area (Å²) < 4.78 is 6.34. The Balaban J connectivity index is 1.45. The SMILES string of the molecule is COc1nc(C)c(C(=O)N2CCN(c3nc4ccccc4s3)CC2)s1. The molecule has 4 rings (SSSR count). The average molecular weight is 374 g/mol. The van der Waals surface area contributed by atoms with E-state index in [1.54, 1.807) is 18.4 Å². The topological polar surface area (TPSA) is 58.6 Å². The summed E-state index contributed by atoms with van der Waals surface area (Å²) in [7, 11) is 1.57. The number of aryl methyl sites for hydroxylation is 1. The number of para-hydroxylation sites is 1. The number of rotatable bonds is 3. The Labute approximate surface area is 153 Å². The number of thiazole rings is 2. The highest BCUT2D eigenvalue weighted by molar-refractivity contribution is 7.22. The van der Waals surface area contributed by atoms with E-state index in [1.165, 1.54) is 16.0 Å². The molecule has 0 aliphatic carbocycles. The van der Waals surface area contributed by atoms with Crippen molar-refractivity contribution in [1.29, 1.82) is 0 Å². The van der Waals surface area contributed by atoms with E-state index in [2.05, 4.69) is 16.0 Å². The van der Waals surface area contributed by atoms with Gasteiger partial charge in [0, 0.05) is 26.2 Å². The number of hydrogen-bond donors (Lipinski definition) is 0. The summed E-state index contributed by atoms with van der Waals surface area (Å²) >= 11 is 3.02. The molecule has 1 aromatic carbocycles. The van der Waals surface area contributed by atoms with Gasteiger partial charge in [0.1, 0.15) is 4.88 Å². The van der Waals surface area contributed by atoms with Crippen molar-refractivity contribution in [3.05, 3.63) is 34.8 Å². The summed E-state index contributed by atoms with van der Waals surface area (Å²) in [6.07, 6.45) is 0. The van der Waals surface area contributed by atoms with Crippen molar-refractivity contribution < 1.29 is 9.53 Å². The summed E-state index contributed by atoms with van der Waals surface area (Å²) in [5, 5.41) is 1.57. The Kier molecular flexibility index (Phi) is 4.30. The number of ether oxygens (including phenoxy) is 1. The summed E-state index contributed by atoms with van der Waals surface area (Å²) in [4.78, 5) is 26.5. The second-order valence-electron chi connectivity index (χ2n) is 5.84. The van der Waals surface area contributed by atoms with Gasteiger partial charge in [0.25, 0.3) is 11.1 Å². The Morgan fingerprint density at radius 1 is 1.12 bits per heavy atom. The highest BCUT2D eigenvalue weighted by atomic mass is 32.1. The molecule has 3 heterocycles. The number of aromatic nitrogens is 2. The van der Waals surface area contributed by atoms with Crippen LogP contribution >= 0.6 is 22.7 Å². The number of anilines is 1. The maximum Gasteiger partial charge on any atom is 0.273 e. The van der Waals surface area contributed by atoms with E-state index in [1.807, 2.05) is 30.0 Å². The Bertz CT molecular complexity index is 879. The van der Waals surface area contributed by atoms with Gasteiger partial charge in [-0.1, -0.05) is 34.8 Å². The lowest BCUT2D eigenvalue weighted by atomic mass is 10.3. The lowest BCUT2D eigenvalue weighted by Crippen LogP contribution is -2.48. The van der Waals surface area contributed by atoms with Crippen LogP contribution in [0.15, 0.2) is 24.3 Å². The van der Waals surface area contributed by atoms with Gasteiger partial charge in [-0.05, 0) is 19.1 Å². The Morgan fingerprint density at radius 3 is 2.56 bits per heavy atom. The Morgan fingerprint density at radius 2 is 1.88 bits per heavy atom. The van der Waals surface area contributed by atoms with Gasteiger partial charge in [-0.3, -0.25) is 4.79 Å². The number of benzene rings is 1. The first-order valence-corrected chi connectivity index (χ1v) is 9.70. The van der Waals surface area contributed by atoms with Gasteiger partial charge < -0.3 is 14.5 Å². The van der Waals surface area contributed by atoms with E-state index >= 15 is 0 Å².